The average molecular weight is 242 g/mol. The number of hydrogen-bond acceptors (Lipinski definition) is 1. The Morgan fingerprint density at radius 3 is 2.18 bits per heavy atom. The molecule has 0 radical (unpaired) electrons. The summed E-state index contributed by atoms with van der Waals surface area (Å²) in [5, 5.41) is 10.1. The summed E-state index contributed by atoms with van der Waals surface area (Å²) in [4.78, 5) is 0. The van der Waals surface area contributed by atoms with Crippen LogP contribution >= 0.6 is 0 Å². The summed E-state index contributed by atoms with van der Waals surface area (Å²) in [5.41, 5.74) is 0.338. The standard InChI is InChI=1S/C14H20F2O/c1-3-5-6-10(4-2)14(17)11-7-12(15)9-13(16)8-11/h7-10,14,17H,3-6H2,1-2H3. The average Bonchev–Trinajstić information content (AvgIpc) is 2.28. The monoisotopic (exact) mass is 242 g/mol. The zero-order valence-electron chi connectivity index (χ0n) is 10.4. The van der Waals surface area contributed by atoms with Crippen LogP contribution in [0.4, 0.5) is 8.78 Å². The van der Waals surface area contributed by atoms with Crippen molar-refractivity contribution in [3.8, 4) is 0 Å². The molecule has 0 aliphatic heterocycles. The van der Waals surface area contributed by atoms with Gasteiger partial charge in [0, 0.05) is 6.07 Å². The fourth-order valence-corrected chi connectivity index (χ4v) is 2.07. The van der Waals surface area contributed by atoms with Crippen molar-refractivity contribution in [2.24, 2.45) is 5.92 Å². The molecule has 0 aromatic heterocycles. The van der Waals surface area contributed by atoms with E-state index in [1.807, 2.05) is 6.92 Å². The van der Waals surface area contributed by atoms with Crippen LogP contribution in [0.25, 0.3) is 0 Å². The van der Waals surface area contributed by atoms with Crippen LogP contribution in [0.15, 0.2) is 18.2 Å². The number of benzene rings is 1. The molecule has 2 atom stereocenters. The van der Waals surface area contributed by atoms with Crippen molar-refractivity contribution < 1.29 is 13.9 Å². The van der Waals surface area contributed by atoms with Crippen LogP contribution in [-0.2, 0) is 0 Å². The molecule has 96 valence electrons. The van der Waals surface area contributed by atoms with E-state index in [4.69, 9.17) is 0 Å². The lowest BCUT2D eigenvalue weighted by Gasteiger charge is -2.21. The molecule has 1 aromatic carbocycles. The highest BCUT2D eigenvalue weighted by atomic mass is 19.1. The minimum absolute atomic E-state index is 0.0659. The van der Waals surface area contributed by atoms with Gasteiger partial charge in [0.2, 0.25) is 0 Å². The Kier molecular flexibility index (Phi) is 5.56. The van der Waals surface area contributed by atoms with Crippen LogP contribution in [0.3, 0.4) is 0 Å². The number of unbranched alkanes of at least 4 members (excludes halogenated alkanes) is 1. The summed E-state index contributed by atoms with van der Waals surface area (Å²) in [7, 11) is 0. The second kappa shape index (κ2) is 6.70. The Bertz CT molecular complexity index is 332. The first-order valence-electron chi connectivity index (χ1n) is 6.22. The van der Waals surface area contributed by atoms with Gasteiger partial charge in [-0.05, 0) is 30.0 Å². The van der Waals surface area contributed by atoms with Crippen LogP contribution in [-0.4, -0.2) is 5.11 Å². The molecule has 1 N–H and O–H groups in total. The first kappa shape index (κ1) is 14.1. The predicted octanol–water partition coefficient (Wildman–Crippen LogP) is 4.21. The van der Waals surface area contributed by atoms with E-state index in [-0.39, 0.29) is 5.92 Å². The molecular weight excluding hydrogens is 222 g/mol. The summed E-state index contributed by atoms with van der Waals surface area (Å²) >= 11 is 0. The summed E-state index contributed by atoms with van der Waals surface area (Å²) < 4.78 is 26.1. The van der Waals surface area contributed by atoms with Gasteiger partial charge in [0.15, 0.2) is 0 Å². The van der Waals surface area contributed by atoms with Gasteiger partial charge in [-0.1, -0.05) is 33.1 Å². The molecule has 0 saturated heterocycles. The van der Waals surface area contributed by atoms with Gasteiger partial charge in [-0.25, -0.2) is 8.78 Å². The lowest BCUT2D eigenvalue weighted by atomic mass is 9.89. The third-order valence-electron chi connectivity index (χ3n) is 3.13. The molecule has 1 aromatic rings. The number of aliphatic hydroxyl groups is 1. The van der Waals surface area contributed by atoms with Gasteiger partial charge in [0.1, 0.15) is 11.6 Å². The molecule has 0 spiro atoms. The maximum Gasteiger partial charge on any atom is 0.126 e. The molecule has 0 heterocycles. The molecule has 0 aliphatic rings. The van der Waals surface area contributed by atoms with E-state index in [0.29, 0.717) is 5.56 Å². The van der Waals surface area contributed by atoms with E-state index in [1.165, 1.54) is 12.1 Å². The van der Waals surface area contributed by atoms with Crippen LogP contribution in [0, 0.1) is 17.6 Å². The van der Waals surface area contributed by atoms with Crippen molar-refractivity contribution in [1.82, 2.24) is 0 Å². The van der Waals surface area contributed by atoms with E-state index < -0.39 is 17.7 Å². The number of rotatable bonds is 6. The fraction of sp³-hybridized carbons (Fsp3) is 0.571. The predicted molar refractivity (Wildman–Crippen MR) is 64.6 cm³/mol. The first-order chi connectivity index (χ1) is 8.08. The second-order valence-electron chi connectivity index (χ2n) is 4.46. The van der Waals surface area contributed by atoms with Crippen molar-refractivity contribution in [3.63, 3.8) is 0 Å². The molecule has 3 heteroatoms. The molecule has 17 heavy (non-hydrogen) atoms. The Morgan fingerprint density at radius 1 is 1.12 bits per heavy atom. The first-order valence-corrected chi connectivity index (χ1v) is 6.22. The summed E-state index contributed by atoms with van der Waals surface area (Å²) in [5.74, 6) is -1.20. The number of halogens is 2. The van der Waals surface area contributed by atoms with Crippen LogP contribution in [0.5, 0.6) is 0 Å². The highest BCUT2D eigenvalue weighted by molar-refractivity contribution is 5.20. The van der Waals surface area contributed by atoms with E-state index >= 15 is 0 Å². The highest BCUT2D eigenvalue weighted by Gasteiger charge is 2.19. The Balaban J connectivity index is 2.81. The van der Waals surface area contributed by atoms with Crippen molar-refractivity contribution >= 4 is 0 Å². The van der Waals surface area contributed by atoms with Gasteiger partial charge < -0.3 is 5.11 Å². The SMILES string of the molecule is CCCCC(CC)C(O)c1cc(F)cc(F)c1. The van der Waals surface area contributed by atoms with Gasteiger partial charge in [-0.15, -0.1) is 0 Å². The topological polar surface area (TPSA) is 20.2 Å². The van der Waals surface area contributed by atoms with Gasteiger partial charge >= 0.3 is 0 Å². The maximum atomic E-state index is 13.1. The molecule has 0 amide bonds. The van der Waals surface area contributed by atoms with Crippen LogP contribution < -0.4 is 0 Å². The van der Waals surface area contributed by atoms with E-state index in [0.717, 1.165) is 31.7 Å². The van der Waals surface area contributed by atoms with Gasteiger partial charge in [0.25, 0.3) is 0 Å². The molecule has 2 unspecified atom stereocenters. The molecular formula is C14H20F2O. The molecule has 0 aliphatic carbocycles. The second-order valence-corrected chi connectivity index (χ2v) is 4.46. The van der Waals surface area contributed by atoms with E-state index in [9.17, 15) is 13.9 Å². The third kappa shape index (κ3) is 4.08. The Hall–Kier alpha value is -0.960. The zero-order valence-corrected chi connectivity index (χ0v) is 10.4. The minimum Gasteiger partial charge on any atom is -0.388 e. The minimum atomic E-state index is -0.781. The molecule has 0 fully saturated rings. The number of hydrogen-bond donors (Lipinski definition) is 1. The quantitative estimate of drug-likeness (QED) is 0.792. The van der Waals surface area contributed by atoms with Gasteiger partial charge in [0.05, 0.1) is 6.10 Å². The van der Waals surface area contributed by atoms with Crippen molar-refractivity contribution in [2.75, 3.05) is 0 Å². The van der Waals surface area contributed by atoms with Crippen LogP contribution in [0.1, 0.15) is 51.2 Å². The largest absolute Gasteiger partial charge is 0.388 e. The smallest absolute Gasteiger partial charge is 0.126 e. The molecule has 0 saturated carbocycles. The lowest BCUT2D eigenvalue weighted by Crippen LogP contribution is -2.12. The van der Waals surface area contributed by atoms with Crippen molar-refractivity contribution in [1.29, 1.82) is 0 Å². The number of aliphatic hydroxyl groups excluding tert-OH is 1. The summed E-state index contributed by atoms with van der Waals surface area (Å²) in [6, 6.07) is 3.24. The van der Waals surface area contributed by atoms with Crippen LogP contribution in [0.2, 0.25) is 0 Å². The van der Waals surface area contributed by atoms with Gasteiger partial charge in [-0.3, -0.25) is 0 Å². The van der Waals surface area contributed by atoms with Crippen molar-refractivity contribution in [3.05, 3.63) is 35.4 Å². The zero-order chi connectivity index (χ0) is 12.8. The Morgan fingerprint density at radius 2 is 1.71 bits per heavy atom. The Labute approximate surface area is 101 Å². The van der Waals surface area contributed by atoms with E-state index in [2.05, 4.69) is 6.92 Å². The third-order valence-corrected chi connectivity index (χ3v) is 3.13. The normalized spacial score (nSPS) is 14.6. The van der Waals surface area contributed by atoms with Crippen molar-refractivity contribution in [2.45, 2.75) is 45.6 Å². The molecule has 0 bridgehead atoms. The molecule has 1 nitrogen and oxygen atoms in total. The summed E-state index contributed by atoms with van der Waals surface area (Å²) in [6.45, 7) is 4.07. The maximum absolute atomic E-state index is 13.1. The molecule has 1 rings (SSSR count). The fourth-order valence-electron chi connectivity index (χ4n) is 2.07. The summed E-state index contributed by atoms with van der Waals surface area (Å²) in [6.07, 6.45) is 2.98. The van der Waals surface area contributed by atoms with Gasteiger partial charge in [-0.2, -0.15) is 0 Å². The lowest BCUT2D eigenvalue weighted by molar-refractivity contribution is 0.0983. The van der Waals surface area contributed by atoms with E-state index in [1.54, 1.807) is 0 Å². The highest BCUT2D eigenvalue weighted by Crippen LogP contribution is 2.29.